The lowest BCUT2D eigenvalue weighted by Gasteiger charge is -2.33. The molecule has 4 aliphatic carbocycles. The highest BCUT2D eigenvalue weighted by Gasteiger charge is 2.30. The predicted molar refractivity (Wildman–Crippen MR) is 192 cm³/mol. The minimum atomic E-state index is -0.149. The largest absolute Gasteiger partial charge is 0.393 e. The van der Waals surface area contributed by atoms with Crippen LogP contribution in [0.15, 0.2) is 11.1 Å². The van der Waals surface area contributed by atoms with Crippen LogP contribution >= 0.6 is 0 Å². The molecule has 0 aromatic heterocycles. The van der Waals surface area contributed by atoms with Crippen LogP contribution in [0.25, 0.3) is 0 Å². The van der Waals surface area contributed by atoms with Crippen LogP contribution in [0.5, 0.6) is 0 Å². The van der Waals surface area contributed by atoms with Crippen LogP contribution in [0.4, 0.5) is 0 Å². The van der Waals surface area contributed by atoms with E-state index in [1.807, 2.05) is 0 Å². The predicted octanol–water partition coefficient (Wildman–Crippen LogP) is 10.1. The molecule has 0 spiro atoms. The first kappa shape index (κ1) is 41.6. The van der Waals surface area contributed by atoms with E-state index >= 15 is 0 Å². The van der Waals surface area contributed by atoms with Crippen molar-refractivity contribution in [1.29, 1.82) is 0 Å². The van der Waals surface area contributed by atoms with Crippen molar-refractivity contribution >= 4 is 0 Å². The summed E-state index contributed by atoms with van der Waals surface area (Å²) in [6.07, 6.45) is 13.7. The average molecular weight is 625 g/mol. The smallest absolute Gasteiger partial charge is 0.0755 e. The van der Waals surface area contributed by atoms with Gasteiger partial charge in [0, 0.05) is 1.43 Å². The monoisotopic (exact) mass is 625 g/mol. The molecule has 0 aromatic carbocycles. The summed E-state index contributed by atoms with van der Waals surface area (Å²) in [7, 11) is 0. The molecule has 4 heteroatoms. The SMILES string of the molecule is CC(C)=C1CCC(C)CC1O.CC1CCC(C(C)C)C(O)C1.CC1CCC(C(C)C)C(O)C1.CC1CCC(C(C)C)C(O)C1.[HH]. The second-order valence-electron chi connectivity index (χ2n) is 17.1. The Kier molecular flexibility index (Phi) is 19.6. The van der Waals surface area contributed by atoms with Crippen LogP contribution in [0, 0.1) is 59.2 Å². The minimum Gasteiger partial charge on any atom is -0.393 e. The zero-order valence-corrected chi connectivity index (χ0v) is 31.4. The summed E-state index contributed by atoms with van der Waals surface area (Å²) >= 11 is 0. The molecule has 4 nitrogen and oxygen atoms in total. The van der Waals surface area contributed by atoms with Crippen LogP contribution in [-0.4, -0.2) is 44.8 Å². The average Bonchev–Trinajstić information content (AvgIpc) is 2.89. The molecule has 264 valence electrons. The summed E-state index contributed by atoms with van der Waals surface area (Å²) in [5.74, 6) is 6.55. The fourth-order valence-electron chi connectivity index (χ4n) is 8.25. The van der Waals surface area contributed by atoms with Crippen LogP contribution in [0.2, 0.25) is 0 Å². The quantitative estimate of drug-likeness (QED) is 0.236. The Balaban J connectivity index is 0.000000569. The second kappa shape index (κ2) is 20.7. The third kappa shape index (κ3) is 15.0. The molecule has 44 heavy (non-hydrogen) atoms. The van der Waals surface area contributed by atoms with Gasteiger partial charge in [0.15, 0.2) is 0 Å². The zero-order chi connectivity index (χ0) is 33.7. The standard InChI is InChI=1S/3C10H20O.C10H18O.H2/c4*1-7(2)9-5-4-8(3)6-10(9)11;/h3*7-11H,4-6H2,1-3H3;8,10-11H,4-6H2,1-3H3;1H. The van der Waals surface area contributed by atoms with Crippen molar-refractivity contribution < 1.29 is 21.9 Å². The van der Waals surface area contributed by atoms with Gasteiger partial charge in [-0.05, 0) is 136 Å². The van der Waals surface area contributed by atoms with Crippen LogP contribution in [-0.2, 0) is 0 Å². The molecule has 11 unspecified atom stereocenters. The first-order valence-electron chi connectivity index (χ1n) is 18.8. The lowest BCUT2D eigenvalue weighted by Crippen LogP contribution is -2.31. The molecule has 0 aromatic rings. The van der Waals surface area contributed by atoms with E-state index in [0.29, 0.717) is 41.4 Å². The van der Waals surface area contributed by atoms with E-state index < -0.39 is 0 Å². The number of aliphatic hydroxyl groups excluding tert-OH is 4. The molecule has 0 amide bonds. The van der Waals surface area contributed by atoms with E-state index in [9.17, 15) is 20.4 Å². The molecule has 4 saturated carbocycles. The van der Waals surface area contributed by atoms with Crippen LogP contribution in [0.1, 0.15) is 162 Å². The lowest BCUT2D eigenvalue weighted by atomic mass is 9.75. The highest BCUT2D eigenvalue weighted by atomic mass is 16.3. The molecule has 4 aliphatic rings. The fourth-order valence-corrected chi connectivity index (χ4v) is 8.25. The van der Waals surface area contributed by atoms with Gasteiger partial charge in [-0.2, -0.15) is 0 Å². The third-order valence-electron chi connectivity index (χ3n) is 11.5. The van der Waals surface area contributed by atoms with Crippen molar-refractivity contribution in [2.75, 3.05) is 0 Å². The van der Waals surface area contributed by atoms with Crippen LogP contribution in [0.3, 0.4) is 0 Å². The first-order valence-corrected chi connectivity index (χ1v) is 18.8. The number of aliphatic hydroxyl groups is 4. The Bertz CT molecular complexity index is 720. The van der Waals surface area contributed by atoms with E-state index in [-0.39, 0.29) is 25.8 Å². The lowest BCUT2D eigenvalue weighted by molar-refractivity contribution is 0.0263. The molecule has 0 bridgehead atoms. The maximum absolute atomic E-state index is 9.71. The van der Waals surface area contributed by atoms with Gasteiger partial charge >= 0.3 is 0 Å². The van der Waals surface area contributed by atoms with E-state index in [1.54, 1.807) is 0 Å². The highest BCUT2D eigenvalue weighted by Crippen LogP contribution is 2.35. The second-order valence-corrected chi connectivity index (χ2v) is 17.1. The summed E-state index contributed by atoms with van der Waals surface area (Å²) in [5, 5.41) is 38.8. The molecule has 4 N–H and O–H groups in total. The van der Waals surface area contributed by atoms with Crippen molar-refractivity contribution in [3.05, 3.63) is 11.1 Å². The van der Waals surface area contributed by atoms with Crippen molar-refractivity contribution in [3.63, 3.8) is 0 Å². The van der Waals surface area contributed by atoms with Gasteiger partial charge in [-0.3, -0.25) is 0 Å². The Labute approximate surface area is 276 Å². The van der Waals surface area contributed by atoms with Gasteiger partial charge in [0.2, 0.25) is 0 Å². The molecule has 11 atom stereocenters. The van der Waals surface area contributed by atoms with Crippen LogP contribution < -0.4 is 0 Å². The summed E-state index contributed by atoms with van der Waals surface area (Å²) in [6, 6.07) is 0. The molecule has 4 rings (SSSR count). The number of allylic oxidation sites excluding steroid dienone is 1. The van der Waals surface area contributed by atoms with Crippen molar-refractivity contribution in [1.82, 2.24) is 0 Å². The van der Waals surface area contributed by atoms with E-state index in [1.165, 1.54) is 56.1 Å². The van der Waals surface area contributed by atoms with Gasteiger partial charge in [0.1, 0.15) is 0 Å². The third-order valence-corrected chi connectivity index (χ3v) is 11.5. The molecular weight excluding hydrogens is 544 g/mol. The van der Waals surface area contributed by atoms with Crippen molar-refractivity contribution in [2.45, 2.75) is 185 Å². The Morgan fingerprint density at radius 1 is 0.500 bits per heavy atom. The normalized spacial score (nSPS) is 37.7. The Morgan fingerprint density at radius 3 is 1.02 bits per heavy atom. The van der Waals surface area contributed by atoms with Gasteiger partial charge in [-0.1, -0.05) is 94.1 Å². The summed E-state index contributed by atoms with van der Waals surface area (Å²) in [6.45, 7) is 26.4. The van der Waals surface area contributed by atoms with Gasteiger partial charge in [0.05, 0.1) is 24.4 Å². The Hall–Kier alpha value is -0.420. The minimum absolute atomic E-state index is 0. The summed E-state index contributed by atoms with van der Waals surface area (Å²) in [5.41, 5.74) is 2.59. The van der Waals surface area contributed by atoms with E-state index in [2.05, 4.69) is 83.1 Å². The van der Waals surface area contributed by atoms with Gasteiger partial charge in [-0.15, -0.1) is 0 Å². The number of rotatable bonds is 3. The molecule has 0 saturated heterocycles. The summed E-state index contributed by atoms with van der Waals surface area (Å²) in [4.78, 5) is 0. The number of hydrogen-bond acceptors (Lipinski definition) is 4. The molecule has 4 fully saturated rings. The molecule has 0 aliphatic heterocycles. The van der Waals surface area contributed by atoms with Crippen molar-refractivity contribution in [3.8, 4) is 0 Å². The topological polar surface area (TPSA) is 80.9 Å². The van der Waals surface area contributed by atoms with E-state index in [4.69, 9.17) is 0 Å². The Morgan fingerprint density at radius 2 is 0.795 bits per heavy atom. The van der Waals surface area contributed by atoms with Gasteiger partial charge in [-0.25, -0.2) is 0 Å². The number of hydrogen-bond donors (Lipinski definition) is 4. The summed E-state index contributed by atoms with van der Waals surface area (Å²) < 4.78 is 0. The molecule has 0 radical (unpaired) electrons. The first-order chi connectivity index (χ1) is 20.4. The van der Waals surface area contributed by atoms with Gasteiger partial charge in [0.25, 0.3) is 0 Å². The molecular formula is C40H80O4. The maximum atomic E-state index is 9.71. The zero-order valence-electron chi connectivity index (χ0n) is 31.4. The van der Waals surface area contributed by atoms with Crippen molar-refractivity contribution in [2.24, 2.45) is 59.2 Å². The van der Waals surface area contributed by atoms with Gasteiger partial charge < -0.3 is 20.4 Å². The molecule has 0 heterocycles. The maximum Gasteiger partial charge on any atom is 0.0755 e. The fraction of sp³-hybridized carbons (Fsp3) is 0.950. The highest BCUT2D eigenvalue weighted by molar-refractivity contribution is 5.16. The van der Waals surface area contributed by atoms with E-state index in [0.717, 1.165) is 49.9 Å².